The Morgan fingerprint density at radius 3 is 2.39 bits per heavy atom. The van der Waals surface area contributed by atoms with E-state index in [9.17, 15) is 9.59 Å². The van der Waals surface area contributed by atoms with Crippen molar-refractivity contribution in [2.24, 2.45) is 11.8 Å². The number of carbonyl (C=O) groups is 2. The lowest BCUT2D eigenvalue weighted by molar-refractivity contribution is -0.140. The molecule has 2 heterocycles. The largest absolute Gasteiger partial charge is 0.384 e. The van der Waals surface area contributed by atoms with Crippen LogP contribution in [0.4, 0.5) is 5.82 Å². The van der Waals surface area contributed by atoms with Crippen molar-refractivity contribution in [1.82, 2.24) is 15.1 Å². The van der Waals surface area contributed by atoms with Crippen LogP contribution < -0.4 is 5.73 Å². The second-order valence-electron chi connectivity index (χ2n) is 4.73. The van der Waals surface area contributed by atoms with E-state index in [1.807, 2.05) is 12.2 Å². The van der Waals surface area contributed by atoms with Gasteiger partial charge in [-0.1, -0.05) is 12.2 Å². The number of anilines is 1. The van der Waals surface area contributed by atoms with E-state index in [1.54, 1.807) is 6.20 Å². The van der Waals surface area contributed by atoms with Gasteiger partial charge < -0.3 is 5.73 Å². The van der Waals surface area contributed by atoms with Crippen LogP contribution in [-0.2, 0) is 16.1 Å². The molecule has 0 bridgehead atoms. The molecule has 1 aliphatic carbocycles. The number of rotatable bonds is 2. The van der Waals surface area contributed by atoms with Gasteiger partial charge in [-0.15, -0.1) is 0 Å². The van der Waals surface area contributed by atoms with Crippen LogP contribution in [0.15, 0.2) is 18.3 Å². The van der Waals surface area contributed by atoms with Gasteiger partial charge in [0.05, 0.1) is 24.6 Å². The summed E-state index contributed by atoms with van der Waals surface area (Å²) in [6.45, 7) is 0.215. The van der Waals surface area contributed by atoms with Crippen molar-refractivity contribution in [2.75, 3.05) is 5.73 Å². The lowest BCUT2D eigenvalue weighted by Crippen LogP contribution is -2.30. The van der Waals surface area contributed by atoms with E-state index >= 15 is 0 Å². The normalized spacial score (nSPS) is 26.8. The lowest BCUT2D eigenvalue weighted by Gasteiger charge is -2.14. The molecule has 3 rings (SSSR count). The molecule has 2 amide bonds. The molecule has 18 heavy (non-hydrogen) atoms. The van der Waals surface area contributed by atoms with Gasteiger partial charge in [-0.2, -0.15) is 5.10 Å². The van der Waals surface area contributed by atoms with E-state index in [0.717, 1.165) is 0 Å². The fourth-order valence-corrected chi connectivity index (χ4v) is 2.64. The van der Waals surface area contributed by atoms with Crippen molar-refractivity contribution in [3.8, 4) is 0 Å². The summed E-state index contributed by atoms with van der Waals surface area (Å²) in [6, 6.07) is 0. The maximum Gasteiger partial charge on any atom is 0.233 e. The zero-order valence-electron chi connectivity index (χ0n) is 9.80. The summed E-state index contributed by atoms with van der Waals surface area (Å²) >= 11 is 0. The molecule has 1 aromatic heterocycles. The number of nitrogens with one attached hydrogen (secondary N) is 1. The molecule has 6 nitrogen and oxygen atoms in total. The summed E-state index contributed by atoms with van der Waals surface area (Å²) in [4.78, 5) is 25.7. The first-order valence-electron chi connectivity index (χ1n) is 5.96. The number of allylic oxidation sites excluding steroid dienone is 2. The Labute approximate surface area is 104 Å². The lowest BCUT2D eigenvalue weighted by atomic mass is 9.85. The van der Waals surface area contributed by atoms with Crippen LogP contribution in [0.25, 0.3) is 0 Å². The summed E-state index contributed by atoms with van der Waals surface area (Å²) in [5, 5.41) is 6.39. The first-order valence-corrected chi connectivity index (χ1v) is 5.96. The highest BCUT2D eigenvalue weighted by Crippen LogP contribution is 2.35. The van der Waals surface area contributed by atoms with Crippen LogP contribution in [0.3, 0.4) is 0 Å². The van der Waals surface area contributed by atoms with Crippen LogP contribution in [-0.4, -0.2) is 26.9 Å². The minimum Gasteiger partial charge on any atom is -0.384 e. The maximum absolute atomic E-state index is 12.2. The predicted octanol–water partition coefficient (Wildman–Crippen LogP) is 0.443. The fraction of sp³-hybridized carbons (Fsp3) is 0.417. The monoisotopic (exact) mass is 246 g/mol. The van der Waals surface area contributed by atoms with Gasteiger partial charge in [0.1, 0.15) is 5.82 Å². The molecule has 1 aliphatic heterocycles. The first-order chi connectivity index (χ1) is 8.68. The van der Waals surface area contributed by atoms with E-state index in [1.165, 1.54) is 4.90 Å². The van der Waals surface area contributed by atoms with Gasteiger partial charge in [-0.05, 0) is 12.8 Å². The zero-order chi connectivity index (χ0) is 12.7. The second kappa shape index (κ2) is 3.97. The molecule has 6 heteroatoms. The van der Waals surface area contributed by atoms with Crippen LogP contribution >= 0.6 is 0 Å². The first kappa shape index (κ1) is 11.0. The molecule has 0 spiro atoms. The third-order valence-corrected chi connectivity index (χ3v) is 3.68. The molecule has 1 saturated heterocycles. The summed E-state index contributed by atoms with van der Waals surface area (Å²) in [5.41, 5.74) is 6.36. The Bertz CT molecular complexity index is 508. The van der Waals surface area contributed by atoms with E-state index in [2.05, 4.69) is 10.2 Å². The molecule has 2 atom stereocenters. The predicted molar refractivity (Wildman–Crippen MR) is 63.9 cm³/mol. The summed E-state index contributed by atoms with van der Waals surface area (Å²) in [7, 11) is 0. The van der Waals surface area contributed by atoms with E-state index in [0.29, 0.717) is 24.2 Å². The number of aromatic amines is 1. The molecular formula is C12H14N4O2. The zero-order valence-corrected chi connectivity index (χ0v) is 9.80. The highest BCUT2D eigenvalue weighted by molar-refractivity contribution is 6.05. The molecule has 1 aromatic rings. The van der Waals surface area contributed by atoms with Crippen molar-refractivity contribution in [3.63, 3.8) is 0 Å². The van der Waals surface area contributed by atoms with Gasteiger partial charge in [0.15, 0.2) is 0 Å². The van der Waals surface area contributed by atoms with Crippen molar-refractivity contribution >= 4 is 17.6 Å². The van der Waals surface area contributed by atoms with Gasteiger partial charge >= 0.3 is 0 Å². The highest BCUT2D eigenvalue weighted by Gasteiger charge is 2.47. The number of nitrogen functional groups attached to an aromatic ring is 1. The van der Waals surface area contributed by atoms with E-state index in [-0.39, 0.29) is 30.2 Å². The Kier molecular flexibility index (Phi) is 2.43. The number of H-pyrrole nitrogens is 1. The SMILES string of the molecule is Nc1[nH]ncc1CN1C(=O)C2CC=CCC2C1=O. The smallest absolute Gasteiger partial charge is 0.233 e. The fourth-order valence-electron chi connectivity index (χ4n) is 2.64. The van der Waals surface area contributed by atoms with Crippen LogP contribution in [0.5, 0.6) is 0 Å². The number of carbonyl (C=O) groups excluding carboxylic acids is 2. The van der Waals surface area contributed by atoms with Crippen molar-refractivity contribution in [2.45, 2.75) is 19.4 Å². The van der Waals surface area contributed by atoms with Crippen molar-refractivity contribution in [1.29, 1.82) is 0 Å². The molecule has 94 valence electrons. The molecular weight excluding hydrogens is 232 g/mol. The molecule has 0 saturated carbocycles. The van der Waals surface area contributed by atoms with Gasteiger partial charge in [-0.25, -0.2) is 0 Å². The minimum atomic E-state index is -0.185. The Hall–Kier alpha value is -2.11. The average Bonchev–Trinajstić information content (AvgIpc) is 2.89. The third kappa shape index (κ3) is 1.53. The summed E-state index contributed by atoms with van der Waals surface area (Å²) < 4.78 is 0. The Morgan fingerprint density at radius 2 is 1.89 bits per heavy atom. The van der Waals surface area contributed by atoms with Gasteiger partial charge in [0.2, 0.25) is 11.8 Å². The molecule has 1 fully saturated rings. The van der Waals surface area contributed by atoms with Gasteiger partial charge in [-0.3, -0.25) is 19.6 Å². The van der Waals surface area contributed by atoms with Gasteiger partial charge in [0.25, 0.3) is 0 Å². The number of nitrogens with zero attached hydrogens (tertiary/aromatic N) is 2. The van der Waals surface area contributed by atoms with Crippen molar-refractivity contribution < 1.29 is 9.59 Å². The number of likely N-dealkylation sites (tertiary alicyclic amines) is 1. The average molecular weight is 246 g/mol. The maximum atomic E-state index is 12.2. The van der Waals surface area contributed by atoms with Crippen LogP contribution in [0.1, 0.15) is 18.4 Å². The van der Waals surface area contributed by atoms with Crippen LogP contribution in [0, 0.1) is 11.8 Å². The molecule has 0 aromatic carbocycles. The van der Waals surface area contributed by atoms with Crippen LogP contribution in [0.2, 0.25) is 0 Å². The Morgan fingerprint density at radius 1 is 1.28 bits per heavy atom. The molecule has 2 aliphatic rings. The molecule has 0 radical (unpaired) electrons. The quantitative estimate of drug-likeness (QED) is 0.585. The standard InChI is InChI=1S/C12H14N4O2/c13-10-7(5-14-15-10)6-16-11(17)8-3-1-2-4-9(8)12(16)18/h1-2,5,8-9H,3-4,6H2,(H3,13,14,15). The highest BCUT2D eigenvalue weighted by atomic mass is 16.2. The number of hydrogen-bond acceptors (Lipinski definition) is 4. The number of aromatic nitrogens is 2. The number of nitrogens with two attached hydrogens (primary N) is 1. The third-order valence-electron chi connectivity index (χ3n) is 3.68. The summed E-state index contributed by atoms with van der Waals surface area (Å²) in [5.74, 6) is -0.139. The molecule has 3 N–H and O–H groups in total. The van der Waals surface area contributed by atoms with Crippen molar-refractivity contribution in [3.05, 3.63) is 23.9 Å². The Balaban J connectivity index is 1.84. The molecule has 2 unspecified atom stereocenters. The topological polar surface area (TPSA) is 92.1 Å². The number of imide groups is 1. The second-order valence-corrected chi connectivity index (χ2v) is 4.73. The van der Waals surface area contributed by atoms with Gasteiger partial charge in [0, 0.05) is 5.56 Å². The number of amides is 2. The number of fused-ring (bicyclic) bond motifs is 1. The minimum absolute atomic E-state index is 0.0880. The summed E-state index contributed by atoms with van der Waals surface area (Å²) in [6.07, 6.45) is 6.82. The number of hydrogen-bond donors (Lipinski definition) is 2. The van der Waals surface area contributed by atoms with E-state index in [4.69, 9.17) is 5.73 Å². The van der Waals surface area contributed by atoms with E-state index < -0.39 is 0 Å².